The Kier molecular flexibility index (Phi) is 4.71. The minimum atomic E-state index is -4.78. The standard InChI is InChI=1S/C11H11F3N2O2S/c1-6(9(15)19)10(17)16-7-3-2-4-8(5-7)18-11(12,13)14/h2-6H,1H3,(H2,15,19)(H,16,17). The molecule has 1 amide bonds. The summed E-state index contributed by atoms with van der Waals surface area (Å²) in [5.41, 5.74) is 5.46. The van der Waals surface area contributed by atoms with Crippen LogP contribution >= 0.6 is 12.2 Å². The van der Waals surface area contributed by atoms with E-state index in [9.17, 15) is 18.0 Å². The van der Waals surface area contributed by atoms with Crippen LogP contribution in [0.4, 0.5) is 18.9 Å². The Morgan fingerprint density at radius 1 is 1.47 bits per heavy atom. The number of alkyl halides is 3. The molecule has 0 fully saturated rings. The van der Waals surface area contributed by atoms with Crippen molar-refractivity contribution in [2.45, 2.75) is 13.3 Å². The van der Waals surface area contributed by atoms with Crippen LogP contribution in [0.25, 0.3) is 0 Å². The van der Waals surface area contributed by atoms with Crippen molar-refractivity contribution >= 4 is 28.8 Å². The number of hydrogen-bond acceptors (Lipinski definition) is 3. The largest absolute Gasteiger partial charge is 0.573 e. The minimum absolute atomic E-state index is 0.000182. The van der Waals surface area contributed by atoms with Gasteiger partial charge in [-0.3, -0.25) is 4.79 Å². The Labute approximate surface area is 112 Å². The fourth-order valence-corrected chi connectivity index (χ4v) is 1.26. The van der Waals surface area contributed by atoms with E-state index in [1.165, 1.54) is 19.1 Å². The van der Waals surface area contributed by atoms with E-state index in [-0.39, 0.29) is 10.7 Å². The second-order valence-corrected chi connectivity index (χ2v) is 4.16. The van der Waals surface area contributed by atoms with Crippen molar-refractivity contribution < 1.29 is 22.7 Å². The number of nitrogens with one attached hydrogen (secondary N) is 1. The normalized spacial score (nSPS) is 12.6. The van der Waals surface area contributed by atoms with E-state index in [1.807, 2.05) is 0 Å². The van der Waals surface area contributed by atoms with E-state index in [2.05, 4.69) is 22.3 Å². The molecule has 0 spiro atoms. The van der Waals surface area contributed by atoms with E-state index >= 15 is 0 Å². The van der Waals surface area contributed by atoms with Crippen LogP contribution in [0.15, 0.2) is 24.3 Å². The van der Waals surface area contributed by atoms with Gasteiger partial charge in [-0.25, -0.2) is 0 Å². The van der Waals surface area contributed by atoms with Crippen molar-refractivity contribution in [2.75, 3.05) is 5.32 Å². The van der Waals surface area contributed by atoms with Crippen LogP contribution in [0.2, 0.25) is 0 Å². The molecular formula is C11H11F3N2O2S. The third-order valence-electron chi connectivity index (χ3n) is 2.16. The van der Waals surface area contributed by atoms with Crippen LogP contribution in [0, 0.1) is 5.92 Å². The first-order chi connectivity index (χ1) is 8.69. The van der Waals surface area contributed by atoms with E-state index in [0.717, 1.165) is 12.1 Å². The molecule has 0 heterocycles. The topological polar surface area (TPSA) is 64.3 Å². The first kappa shape index (κ1) is 15.2. The zero-order chi connectivity index (χ0) is 14.6. The summed E-state index contributed by atoms with van der Waals surface area (Å²) < 4.78 is 39.8. The number of nitrogens with two attached hydrogens (primary N) is 1. The summed E-state index contributed by atoms with van der Waals surface area (Å²) in [6.45, 7) is 1.49. The molecule has 3 N–H and O–H groups in total. The maximum absolute atomic E-state index is 12.0. The summed E-state index contributed by atoms with van der Waals surface area (Å²) in [6.07, 6.45) is -4.78. The summed E-state index contributed by atoms with van der Waals surface area (Å²) >= 11 is 4.65. The number of carbonyl (C=O) groups excluding carboxylic acids is 1. The summed E-state index contributed by atoms with van der Waals surface area (Å²) in [4.78, 5) is 11.6. The average molecular weight is 292 g/mol. The Hall–Kier alpha value is -1.83. The van der Waals surface area contributed by atoms with Gasteiger partial charge in [-0.05, 0) is 19.1 Å². The van der Waals surface area contributed by atoms with Gasteiger partial charge < -0.3 is 15.8 Å². The fourth-order valence-electron chi connectivity index (χ4n) is 1.15. The number of ether oxygens (including phenoxy) is 1. The van der Waals surface area contributed by atoms with Gasteiger partial charge in [0.2, 0.25) is 5.91 Å². The molecule has 0 bridgehead atoms. The van der Waals surface area contributed by atoms with Gasteiger partial charge in [0.05, 0.1) is 10.9 Å². The van der Waals surface area contributed by atoms with Crippen molar-refractivity contribution in [2.24, 2.45) is 11.7 Å². The highest BCUT2D eigenvalue weighted by Gasteiger charge is 2.31. The molecule has 0 radical (unpaired) electrons. The number of carbonyl (C=O) groups is 1. The molecule has 19 heavy (non-hydrogen) atoms. The lowest BCUT2D eigenvalue weighted by molar-refractivity contribution is -0.274. The molecule has 1 atom stereocenters. The zero-order valence-electron chi connectivity index (χ0n) is 9.82. The minimum Gasteiger partial charge on any atom is -0.406 e. The molecule has 1 rings (SSSR count). The molecular weight excluding hydrogens is 281 g/mol. The summed E-state index contributed by atoms with van der Waals surface area (Å²) in [6, 6.07) is 4.92. The predicted octanol–water partition coefficient (Wildman–Crippen LogP) is 2.45. The first-order valence-electron chi connectivity index (χ1n) is 5.15. The van der Waals surface area contributed by atoms with Gasteiger partial charge in [0.1, 0.15) is 5.75 Å². The van der Waals surface area contributed by atoms with Crippen molar-refractivity contribution in [3.63, 3.8) is 0 Å². The quantitative estimate of drug-likeness (QED) is 0.837. The average Bonchev–Trinajstić information content (AvgIpc) is 2.25. The number of rotatable bonds is 4. The van der Waals surface area contributed by atoms with Crippen LogP contribution in [-0.2, 0) is 4.79 Å². The van der Waals surface area contributed by atoms with Gasteiger partial charge in [0.15, 0.2) is 0 Å². The number of thiocarbonyl (C=S) groups is 1. The lowest BCUT2D eigenvalue weighted by atomic mass is 10.1. The number of amides is 1. The molecule has 0 aliphatic carbocycles. The maximum atomic E-state index is 12.0. The van der Waals surface area contributed by atoms with Gasteiger partial charge in [0, 0.05) is 11.8 Å². The third-order valence-corrected chi connectivity index (χ3v) is 2.51. The molecule has 1 unspecified atom stereocenters. The van der Waals surface area contributed by atoms with Gasteiger partial charge in [-0.1, -0.05) is 18.3 Å². The number of anilines is 1. The molecule has 1 aromatic carbocycles. The lowest BCUT2D eigenvalue weighted by Gasteiger charge is -2.12. The highest BCUT2D eigenvalue weighted by Crippen LogP contribution is 2.25. The van der Waals surface area contributed by atoms with Crippen molar-refractivity contribution in [1.82, 2.24) is 0 Å². The maximum Gasteiger partial charge on any atom is 0.573 e. The summed E-state index contributed by atoms with van der Waals surface area (Å²) in [7, 11) is 0. The van der Waals surface area contributed by atoms with Gasteiger partial charge >= 0.3 is 6.36 Å². The Morgan fingerprint density at radius 2 is 2.11 bits per heavy atom. The first-order valence-corrected chi connectivity index (χ1v) is 5.56. The summed E-state index contributed by atoms with van der Waals surface area (Å²) in [5, 5.41) is 2.40. The van der Waals surface area contributed by atoms with Crippen molar-refractivity contribution in [3.05, 3.63) is 24.3 Å². The Morgan fingerprint density at radius 3 is 2.63 bits per heavy atom. The SMILES string of the molecule is CC(C(=O)Nc1cccc(OC(F)(F)F)c1)C(N)=S. The Bertz CT molecular complexity index is 491. The molecule has 1 aromatic rings. The highest BCUT2D eigenvalue weighted by atomic mass is 32.1. The molecule has 104 valence electrons. The van der Waals surface area contributed by atoms with Crippen molar-refractivity contribution in [1.29, 1.82) is 0 Å². The van der Waals surface area contributed by atoms with E-state index in [0.29, 0.717) is 0 Å². The molecule has 0 saturated heterocycles. The summed E-state index contributed by atoms with van der Waals surface area (Å²) in [5.74, 6) is -1.65. The van der Waals surface area contributed by atoms with Crippen LogP contribution in [-0.4, -0.2) is 17.3 Å². The second kappa shape index (κ2) is 5.87. The van der Waals surface area contributed by atoms with E-state index in [1.54, 1.807) is 0 Å². The van der Waals surface area contributed by atoms with Crippen LogP contribution in [0.1, 0.15) is 6.92 Å². The number of benzene rings is 1. The third kappa shape index (κ3) is 5.12. The molecule has 4 nitrogen and oxygen atoms in total. The van der Waals surface area contributed by atoms with Gasteiger partial charge in [-0.15, -0.1) is 13.2 Å². The van der Waals surface area contributed by atoms with Gasteiger partial charge in [0.25, 0.3) is 0 Å². The predicted molar refractivity (Wildman–Crippen MR) is 67.7 cm³/mol. The van der Waals surface area contributed by atoms with E-state index in [4.69, 9.17) is 5.73 Å². The molecule has 8 heteroatoms. The van der Waals surface area contributed by atoms with Gasteiger partial charge in [-0.2, -0.15) is 0 Å². The molecule has 0 aliphatic rings. The number of halogens is 3. The van der Waals surface area contributed by atoms with E-state index < -0.39 is 23.9 Å². The van der Waals surface area contributed by atoms with Crippen LogP contribution in [0.3, 0.4) is 0 Å². The highest BCUT2D eigenvalue weighted by molar-refractivity contribution is 7.80. The molecule has 0 aromatic heterocycles. The zero-order valence-corrected chi connectivity index (χ0v) is 10.6. The smallest absolute Gasteiger partial charge is 0.406 e. The molecule has 0 saturated carbocycles. The monoisotopic (exact) mass is 292 g/mol. The molecule has 0 aliphatic heterocycles. The van der Waals surface area contributed by atoms with Crippen LogP contribution < -0.4 is 15.8 Å². The van der Waals surface area contributed by atoms with Crippen molar-refractivity contribution in [3.8, 4) is 5.75 Å². The number of hydrogen-bond donors (Lipinski definition) is 2. The Balaban J connectivity index is 2.78. The lowest BCUT2D eigenvalue weighted by Crippen LogP contribution is -2.30. The second-order valence-electron chi connectivity index (χ2n) is 3.69. The fraction of sp³-hybridized carbons (Fsp3) is 0.273. The van der Waals surface area contributed by atoms with Crippen LogP contribution in [0.5, 0.6) is 5.75 Å².